The lowest BCUT2D eigenvalue weighted by atomic mass is 10.1. The predicted octanol–water partition coefficient (Wildman–Crippen LogP) is 4.78. The van der Waals surface area contributed by atoms with Crippen LogP contribution in [0.4, 0.5) is 5.69 Å². The Balaban J connectivity index is 1.81. The van der Waals surface area contributed by atoms with E-state index in [-0.39, 0.29) is 18.6 Å². The van der Waals surface area contributed by atoms with Crippen LogP contribution in [0.2, 0.25) is 0 Å². The van der Waals surface area contributed by atoms with Gasteiger partial charge >= 0.3 is 0 Å². The van der Waals surface area contributed by atoms with Gasteiger partial charge in [-0.15, -0.1) is 11.6 Å². The second kappa shape index (κ2) is 9.51. The van der Waals surface area contributed by atoms with E-state index in [0.717, 1.165) is 11.3 Å². The van der Waals surface area contributed by atoms with Crippen LogP contribution in [0.1, 0.15) is 19.4 Å². The molecule has 28 heavy (non-hydrogen) atoms. The first kappa shape index (κ1) is 20.1. The highest BCUT2D eigenvalue weighted by molar-refractivity contribution is 6.29. The van der Waals surface area contributed by atoms with Gasteiger partial charge in [0.25, 0.3) is 0 Å². The van der Waals surface area contributed by atoms with Gasteiger partial charge in [0.1, 0.15) is 18.2 Å². The molecule has 2 aromatic carbocycles. The number of halogens is 1. The van der Waals surface area contributed by atoms with Crippen LogP contribution in [0.25, 0.3) is 0 Å². The Morgan fingerprint density at radius 1 is 1.21 bits per heavy atom. The molecule has 0 N–H and O–H groups in total. The molecule has 0 spiro atoms. The lowest BCUT2D eigenvalue weighted by molar-refractivity contribution is -0.116. The normalized spacial score (nSPS) is 12.6. The fourth-order valence-corrected chi connectivity index (χ4v) is 3.00. The molecule has 148 valence electrons. The van der Waals surface area contributed by atoms with Crippen molar-refractivity contribution in [2.24, 2.45) is 5.92 Å². The van der Waals surface area contributed by atoms with Crippen LogP contribution < -0.4 is 19.1 Å². The van der Waals surface area contributed by atoms with Crippen molar-refractivity contribution < 1.29 is 19.0 Å². The van der Waals surface area contributed by atoms with E-state index in [2.05, 4.69) is 19.9 Å². The number of hydrogen-bond donors (Lipinski definition) is 0. The van der Waals surface area contributed by atoms with E-state index >= 15 is 0 Å². The van der Waals surface area contributed by atoms with Crippen LogP contribution in [0.15, 0.2) is 54.6 Å². The van der Waals surface area contributed by atoms with Crippen molar-refractivity contribution >= 4 is 23.2 Å². The van der Waals surface area contributed by atoms with E-state index in [1.54, 1.807) is 17.0 Å². The first-order chi connectivity index (χ1) is 13.6. The zero-order valence-electron chi connectivity index (χ0n) is 16.1. The average Bonchev–Trinajstić information content (AvgIpc) is 3.17. The zero-order chi connectivity index (χ0) is 19.9. The molecule has 1 heterocycles. The molecule has 0 unspecified atom stereocenters. The van der Waals surface area contributed by atoms with E-state index in [0.29, 0.717) is 36.3 Å². The molecule has 1 aliphatic rings. The summed E-state index contributed by atoms with van der Waals surface area (Å²) in [7, 11) is 0. The first-order valence-corrected chi connectivity index (χ1v) is 9.75. The van der Waals surface area contributed by atoms with Crippen molar-refractivity contribution in [3.05, 3.63) is 60.2 Å². The van der Waals surface area contributed by atoms with Gasteiger partial charge in [-0.05, 0) is 24.1 Å². The molecule has 0 atom stereocenters. The maximum absolute atomic E-state index is 12.5. The standard InChI is InChI=1S/C22H24ClNO4/c1-16(2)6-5-11-26-19-8-4-3-7-17(19)14-24(22(25)13-23)18-9-10-20-21(12-18)28-15-27-20/h3-10,12,16H,11,13-15H2,1-2H3/b6-5+. The summed E-state index contributed by atoms with van der Waals surface area (Å²) < 4.78 is 16.7. The summed E-state index contributed by atoms with van der Waals surface area (Å²) in [5, 5.41) is 0. The van der Waals surface area contributed by atoms with E-state index < -0.39 is 0 Å². The molecule has 1 aliphatic heterocycles. The fourth-order valence-electron chi connectivity index (χ4n) is 2.86. The Morgan fingerprint density at radius 2 is 2.00 bits per heavy atom. The Morgan fingerprint density at radius 3 is 2.79 bits per heavy atom. The number of carbonyl (C=O) groups excluding carboxylic acids is 1. The van der Waals surface area contributed by atoms with Gasteiger partial charge in [-0.25, -0.2) is 0 Å². The van der Waals surface area contributed by atoms with Gasteiger partial charge in [-0.3, -0.25) is 4.79 Å². The van der Waals surface area contributed by atoms with E-state index in [1.165, 1.54) is 0 Å². The van der Waals surface area contributed by atoms with E-state index in [9.17, 15) is 4.79 Å². The Labute approximate surface area is 170 Å². The van der Waals surface area contributed by atoms with Gasteiger partial charge < -0.3 is 19.1 Å². The van der Waals surface area contributed by atoms with E-state index in [1.807, 2.05) is 36.4 Å². The summed E-state index contributed by atoms with van der Waals surface area (Å²) >= 11 is 5.86. The third kappa shape index (κ3) is 4.98. The fraction of sp³-hybridized carbons (Fsp3) is 0.318. The zero-order valence-corrected chi connectivity index (χ0v) is 16.8. The van der Waals surface area contributed by atoms with Crippen molar-refractivity contribution in [1.29, 1.82) is 0 Å². The number of para-hydroxylation sites is 1. The third-order valence-electron chi connectivity index (χ3n) is 4.24. The second-order valence-corrected chi connectivity index (χ2v) is 7.01. The first-order valence-electron chi connectivity index (χ1n) is 9.22. The van der Waals surface area contributed by atoms with Crippen molar-refractivity contribution in [2.75, 3.05) is 24.2 Å². The van der Waals surface area contributed by atoms with Crippen molar-refractivity contribution in [2.45, 2.75) is 20.4 Å². The van der Waals surface area contributed by atoms with Crippen molar-refractivity contribution in [3.63, 3.8) is 0 Å². The highest BCUT2D eigenvalue weighted by atomic mass is 35.5. The molecular weight excluding hydrogens is 378 g/mol. The minimum Gasteiger partial charge on any atom is -0.489 e. The monoisotopic (exact) mass is 401 g/mol. The van der Waals surface area contributed by atoms with Gasteiger partial charge in [0.15, 0.2) is 11.5 Å². The molecule has 0 bridgehead atoms. The van der Waals surface area contributed by atoms with Crippen LogP contribution in [0.3, 0.4) is 0 Å². The number of amides is 1. The maximum atomic E-state index is 12.5. The lowest BCUT2D eigenvalue weighted by Gasteiger charge is -2.23. The average molecular weight is 402 g/mol. The number of nitrogens with zero attached hydrogens (tertiary/aromatic N) is 1. The van der Waals surface area contributed by atoms with Gasteiger partial charge in [-0.2, -0.15) is 0 Å². The van der Waals surface area contributed by atoms with Gasteiger partial charge in [0.05, 0.1) is 6.54 Å². The molecular formula is C22H24ClNO4. The van der Waals surface area contributed by atoms with Gasteiger partial charge in [0.2, 0.25) is 12.7 Å². The molecule has 0 saturated carbocycles. The number of anilines is 1. The minimum atomic E-state index is -0.199. The molecule has 0 radical (unpaired) electrons. The Bertz CT molecular complexity index is 850. The summed E-state index contributed by atoms with van der Waals surface area (Å²) in [5.41, 5.74) is 1.60. The number of fused-ring (bicyclic) bond motifs is 1. The van der Waals surface area contributed by atoms with Crippen LogP contribution in [0.5, 0.6) is 17.2 Å². The summed E-state index contributed by atoms with van der Waals surface area (Å²) in [6, 6.07) is 13.1. The summed E-state index contributed by atoms with van der Waals surface area (Å²) in [5.74, 6) is 2.19. The van der Waals surface area contributed by atoms with Gasteiger partial charge in [-0.1, -0.05) is 44.2 Å². The van der Waals surface area contributed by atoms with Crippen molar-refractivity contribution in [1.82, 2.24) is 0 Å². The summed E-state index contributed by atoms with van der Waals surface area (Å²) in [6.45, 7) is 5.23. The predicted molar refractivity (Wildman–Crippen MR) is 110 cm³/mol. The number of allylic oxidation sites excluding steroid dienone is 1. The highest BCUT2D eigenvalue weighted by Gasteiger charge is 2.21. The number of ether oxygens (including phenoxy) is 3. The largest absolute Gasteiger partial charge is 0.489 e. The topological polar surface area (TPSA) is 48.0 Å². The second-order valence-electron chi connectivity index (χ2n) is 6.74. The van der Waals surface area contributed by atoms with Gasteiger partial charge in [0, 0.05) is 17.3 Å². The molecule has 2 aromatic rings. The van der Waals surface area contributed by atoms with E-state index in [4.69, 9.17) is 25.8 Å². The SMILES string of the molecule is CC(C)/C=C/COc1ccccc1CN(C(=O)CCl)c1ccc2c(c1)OCO2. The van der Waals surface area contributed by atoms with Crippen molar-refractivity contribution in [3.8, 4) is 17.2 Å². The molecule has 6 heteroatoms. The Kier molecular flexibility index (Phi) is 6.82. The van der Waals surface area contributed by atoms with Crippen LogP contribution in [0, 0.1) is 5.92 Å². The smallest absolute Gasteiger partial charge is 0.242 e. The number of hydrogen-bond acceptors (Lipinski definition) is 4. The minimum absolute atomic E-state index is 0.116. The number of alkyl halides is 1. The van der Waals surface area contributed by atoms with Crippen LogP contribution >= 0.6 is 11.6 Å². The summed E-state index contributed by atoms with van der Waals surface area (Å²) in [6.07, 6.45) is 4.10. The Hall–Kier alpha value is -2.66. The highest BCUT2D eigenvalue weighted by Crippen LogP contribution is 2.36. The molecule has 0 aliphatic carbocycles. The molecule has 0 aromatic heterocycles. The third-order valence-corrected chi connectivity index (χ3v) is 4.47. The number of carbonyl (C=O) groups is 1. The number of rotatable bonds is 8. The molecule has 0 saturated heterocycles. The molecule has 3 rings (SSSR count). The lowest BCUT2D eigenvalue weighted by Crippen LogP contribution is -2.31. The molecule has 0 fully saturated rings. The molecule has 1 amide bonds. The van der Waals surface area contributed by atoms with Crippen LogP contribution in [-0.2, 0) is 11.3 Å². The number of benzene rings is 2. The quantitative estimate of drug-likeness (QED) is 0.472. The van der Waals surface area contributed by atoms with Crippen LogP contribution in [-0.4, -0.2) is 25.2 Å². The molecule has 5 nitrogen and oxygen atoms in total. The summed E-state index contributed by atoms with van der Waals surface area (Å²) in [4.78, 5) is 14.2. The maximum Gasteiger partial charge on any atom is 0.242 e.